The van der Waals surface area contributed by atoms with E-state index >= 15 is 0 Å². The minimum absolute atomic E-state index is 0.530. The molecule has 0 aromatic heterocycles. The van der Waals surface area contributed by atoms with Crippen molar-refractivity contribution >= 4 is 22.6 Å². The number of hydrogen-bond acceptors (Lipinski definition) is 2. The van der Waals surface area contributed by atoms with Crippen LogP contribution in [0.5, 0.6) is 0 Å². The van der Waals surface area contributed by atoms with Gasteiger partial charge in [0, 0.05) is 3.57 Å². The average Bonchev–Trinajstić information content (AvgIpc) is 2.05. The molecule has 0 aliphatic carbocycles. The molecular formula is C8H3IN2. The molecule has 0 unspecified atom stereocenters. The molecule has 11 heavy (non-hydrogen) atoms. The van der Waals surface area contributed by atoms with E-state index in [1.165, 1.54) is 0 Å². The van der Waals surface area contributed by atoms with Crippen LogP contribution in [-0.4, -0.2) is 0 Å². The molecule has 0 atom stereocenters. The minimum Gasteiger partial charge on any atom is -0.192 e. The Morgan fingerprint density at radius 2 is 1.91 bits per heavy atom. The highest BCUT2D eigenvalue weighted by Gasteiger charge is 1.98. The molecule has 0 radical (unpaired) electrons. The number of halogens is 1. The third kappa shape index (κ3) is 1.69. The lowest BCUT2D eigenvalue weighted by Crippen LogP contribution is -1.82. The molecule has 0 aliphatic heterocycles. The molecule has 0 N–H and O–H groups in total. The van der Waals surface area contributed by atoms with Gasteiger partial charge in [0.15, 0.2) is 0 Å². The zero-order chi connectivity index (χ0) is 8.27. The van der Waals surface area contributed by atoms with Crippen LogP contribution >= 0.6 is 22.6 Å². The number of rotatable bonds is 0. The lowest BCUT2D eigenvalue weighted by Gasteiger charge is -1.92. The minimum atomic E-state index is 0.530. The summed E-state index contributed by atoms with van der Waals surface area (Å²) in [5.41, 5.74) is 1.09. The summed E-state index contributed by atoms with van der Waals surface area (Å²) in [7, 11) is 0. The van der Waals surface area contributed by atoms with Gasteiger partial charge in [-0.2, -0.15) is 10.5 Å². The summed E-state index contributed by atoms with van der Waals surface area (Å²) in [6, 6.07) is 9.03. The molecule has 1 aromatic carbocycles. The van der Waals surface area contributed by atoms with Gasteiger partial charge in [-0.3, -0.25) is 0 Å². The SMILES string of the molecule is N#Cc1ccc(I)c(C#N)c1. The van der Waals surface area contributed by atoms with Gasteiger partial charge < -0.3 is 0 Å². The van der Waals surface area contributed by atoms with E-state index in [1.807, 2.05) is 12.1 Å². The first kappa shape index (κ1) is 8.03. The van der Waals surface area contributed by atoms with Crippen molar-refractivity contribution in [2.45, 2.75) is 0 Å². The Balaban J connectivity index is 3.29. The van der Waals surface area contributed by atoms with Gasteiger partial charge in [-0.05, 0) is 40.8 Å². The molecule has 0 amide bonds. The largest absolute Gasteiger partial charge is 0.192 e. The maximum absolute atomic E-state index is 8.57. The highest BCUT2D eigenvalue weighted by molar-refractivity contribution is 14.1. The smallest absolute Gasteiger partial charge is 0.100 e. The summed E-state index contributed by atoms with van der Waals surface area (Å²) >= 11 is 2.06. The molecule has 0 fully saturated rings. The Morgan fingerprint density at radius 1 is 1.18 bits per heavy atom. The number of hydrogen-bond donors (Lipinski definition) is 0. The average molecular weight is 254 g/mol. The van der Waals surface area contributed by atoms with Crippen LogP contribution in [0.1, 0.15) is 11.1 Å². The van der Waals surface area contributed by atoms with Crippen molar-refractivity contribution in [3.63, 3.8) is 0 Å². The fourth-order valence-electron chi connectivity index (χ4n) is 0.681. The first-order valence-corrected chi connectivity index (χ1v) is 3.95. The van der Waals surface area contributed by atoms with E-state index in [4.69, 9.17) is 10.5 Å². The van der Waals surface area contributed by atoms with Gasteiger partial charge in [-0.25, -0.2) is 0 Å². The predicted molar refractivity (Wildman–Crippen MR) is 48.6 cm³/mol. The van der Waals surface area contributed by atoms with Gasteiger partial charge in [0.05, 0.1) is 17.2 Å². The third-order valence-electron chi connectivity index (χ3n) is 1.22. The second-order valence-corrected chi connectivity index (χ2v) is 3.08. The summed E-state index contributed by atoms with van der Waals surface area (Å²) in [4.78, 5) is 0. The van der Waals surface area contributed by atoms with Crippen molar-refractivity contribution < 1.29 is 0 Å². The van der Waals surface area contributed by atoms with E-state index in [0.29, 0.717) is 11.1 Å². The van der Waals surface area contributed by atoms with Gasteiger partial charge in [0.1, 0.15) is 6.07 Å². The number of nitriles is 2. The summed E-state index contributed by atoms with van der Waals surface area (Å²) in [6.45, 7) is 0. The highest BCUT2D eigenvalue weighted by Crippen LogP contribution is 2.12. The summed E-state index contributed by atoms with van der Waals surface area (Å²) in [5.74, 6) is 0. The van der Waals surface area contributed by atoms with Gasteiger partial charge >= 0.3 is 0 Å². The van der Waals surface area contributed by atoms with Crippen LogP contribution in [0.3, 0.4) is 0 Å². The molecule has 1 rings (SSSR count). The fourth-order valence-corrected chi connectivity index (χ4v) is 1.14. The molecule has 0 aliphatic rings. The van der Waals surface area contributed by atoms with Gasteiger partial charge in [0.2, 0.25) is 0 Å². The lowest BCUT2D eigenvalue weighted by atomic mass is 10.1. The molecule has 3 heteroatoms. The maximum atomic E-state index is 8.57. The Hall–Kier alpha value is -1.07. The van der Waals surface area contributed by atoms with Crippen molar-refractivity contribution in [3.8, 4) is 12.1 Å². The number of benzene rings is 1. The Labute approximate surface area is 78.2 Å². The summed E-state index contributed by atoms with van der Waals surface area (Å²) < 4.78 is 0.879. The first-order chi connectivity index (χ1) is 5.27. The van der Waals surface area contributed by atoms with Crippen LogP contribution in [0, 0.1) is 26.2 Å². The Morgan fingerprint density at radius 3 is 2.45 bits per heavy atom. The Bertz CT molecular complexity index is 357. The molecule has 0 saturated carbocycles. The molecule has 52 valence electrons. The summed E-state index contributed by atoms with van der Waals surface area (Å²) in [5, 5.41) is 17.1. The van der Waals surface area contributed by atoms with E-state index < -0.39 is 0 Å². The molecular weight excluding hydrogens is 251 g/mol. The summed E-state index contributed by atoms with van der Waals surface area (Å²) in [6.07, 6.45) is 0. The second kappa shape index (κ2) is 3.36. The normalized spacial score (nSPS) is 8.27. The van der Waals surface area contributed by atoms with Crippen LogP contribution in [0.2, 0.25) is 0 Å². The van der Waals surface area contributed by atoms with Crippen molar-refractivity contribution in [2.24, 2.45) is 0 Å². The quantitative estimate of drug-likeness (QED) is 0.665. The Kier molecular flexibility index (Phi) is 2.45. The van der Waals surface area contributed by atoms with Gasteiger partial charge in [-0.1, -0.05) is 0 Å². The van der Waals surface area contributed by atoms with Gasteiger partial charge in [0.25, 0.3) is 0 Å². The van der Waals surface area contributed by atoms with E-state index in [2.05, 4.69) is 22.6 Å². The van der Waals surface area contributed by atoms with Crippen molar-refractivity contribution in [2.75, 3.05) is 0 Å². The van der Waals surface area contributed by atoms with Crippen molar-refractivity contribution in [1.82, 2.24) is 0 Å². The standard InChI is InChI=1S/C8H3IN2/c9-8-2-1-6(4-10)3-7(8)5-11/h1-3H. The first-order valence-electron chi connectivity index (χ1n) is 2.87. The van der Waals surface area contributed by atoms with Crippen LogP contribution in [-0.2, 0) is 0 Å². The highest BCUT2D eigenvalue weighted by atomic mass is 127. The van der Waals surface area contributed by atoms with Crippen molar-refractivity contribution in [3.05, 3.63) is 32.9 Å². The molecule has 1 aromatic rings. The van der Waals surface area contributed by atoms with Crippen LogP contribution in [0.4, 0.5) is 0 Å². The molecule has 0 saturated heterocycles. The van der Waals surface area contributed by atoms with E-state index in [1.54, 1.807) is 18.2 Å². The van der Waals surface area contributed by atoms with E-state index in [-0.39, 0.29) is 0 Å². The fraction of sp³-hybridized carbons (Fsp3) is 0. The topological polar surface area (TPSA) is 47.6 Å². The van der Waals surface area contributed by atoms with Crippen molar-refractivity contribution in [1.29, 1.82) is 10.5 Å². The van der Waals surface area contributed by atoms with Gasteiger partial charge in [-0.15, -0.1) is 0 Å². The lowest BCUT2D eigenvalue weighted by molar-refractivity contribution is 1.43. The molecule has 0 bridgehead atoms. The molecule has 2 nitrogen and oxygen atoms in total. The maximum Gasteiger partial charge on any atom is 0.100 e. The predicted octanol–water partition coefficient (Wildman–Crippen LogP) is 2.03. The number of nitrogens with zero attached hydrogens (tertiary/aromatic N) is 2. The molecule has 0 heterocycles. The van der Waals surface area contributed by atoms with E-state index in [9.17, 15) is 0 Å². The zero-order valence-corrected chi connectivity index (χ0v) is 7.66. The van der Waals surface area contributed by atoms with E-state index in [0.717, 1.165) is 3.57 Å². The van der Waals surface area contributed by atoms with Crippen LogP contribution < -0.4 is 0 Å². The second-order valence-electron chi connectivity index (χ2n) is 1.92. The zero-order valence-electron chi connectivity index (χ0n) is 5.50. The van der Waals surface area contributed by atoms with Crippen LogP contribution in [0.25, 0.3) is 0 Å². The monoisotopic (exact) mass is 254 g/mol. The third-order valence-corrected chi connectivity index (χ3v) is 2.16. The van der Waals surface area contributed by atoms with Crippen LogP contribution in [0.15, 0.2) is 18.2 Å². The molecule has 0 spiro atoms.